The Balaban J connectivity index is 2.39. The number of aromatic nitrogens is 4. The molecule has 0 saturated heterocycles. The van der Waals surface area contributed by atoms with E-state index < -0.39 is 70.8 Å². The third-order valence-electron chi connectivity index (χ3n) is 3.66. The smallest absolute Gasteiger partial charge is 0.338 e. The molecule has 0 fully saturated rings. The molecule has 0 aliphatic carbocycles. The summed E-state index contributed by atoms with van der Waals surface area (Å²) in [7, 11) is 0. The van der Waals surface area contributed by atoms with Crippen molar-refractivity contribution >= 4 is 23.2 Å². The van der Waals surface area contributed by atoms with Crippen LogP contribution in [0.1, 0.15) is 0 Å². The normalized spacial score (nSPS) is 12.6. The van der Waals surface area contributed by atoms with Crippen molar-refractivity contribution in [3.8, 4) is 11.1 Å². The van der Waals surface area contributed by atoms with Crippen LogP contribution < -0.4 is 4.90 Å². The minimum atomic E-state index is -5.16. The van der Waals surface area contributed by atoms with Crippen LogP contribution in [0.4, 0.5) is 45.3 Å². The number of benzene rings is 1. The number of halogens is 10. The number of anilines is 1. The van der Waals surface area contributed by atoms with E-state index in [4.69, 9.17) is 11.6 Å². The number of fused-ring (bicyclic) bond motifs is 1. The van der Waals surface area contributed by atoms with E-state index in [1.165, 1.54) is 0 Å². The summed E-state index contributed by atoms with van der Waals surface area (Å²) in [6.07, 6.45) is -9.58. The highest BCUT2D eigenvalue weighted by atomic mass is 35.5. The lowest BCUT2D eigenvalue weighted by Gasteiger charge is -2.29. The third-order valence-corrected chi connectivity index (χ3v) is 3.93. The topological polar surface area (TPSA) is 46.3 Å². The van der Waals surface area contributed by atoms with Crippen molar-refractivity contribution in [2.24, 2.45) is 0 Å². The zero-order valence-corrected chi connectivity index (χ0v) is 14.9. The Kier molecular flexibility index (Phi) is 5.47. The molecule has 5 nitrogen and oxygen atoms in total. The Morgan fingerprint density at radius 2 is 1.43 bits per heavy atom. The molecule has 162 valence electrons. The van der Waals surface area contributed by atoms with Crippen molar-refractivity contribution in [1.82, 2.24) is 19.6 Å². The fraction of sp³-hybridized carbons (Fsp3) is 0.267. The first-order chi connectivity index (χ1) is 13.8. The van der Waals surface area contributed by atoms with E-state index in [9.17, 15) is 39.5 Å². The predicted molar refractivity (Wildman–Crippen MR) is 85.4 cm³/mol. The molecular weight excluding hydrogens is 457 g/mol. The third kappa shape index (κ3) is 4.52. The Bertz CT molecular complexity index is 1050. The second kappa shape index (κ2) is 7.49. The van der Waals surface area contributed by atoms with Crippen molar-refractivity contribution < 1.29 is 39.5 Å². The summed E-state index contributed by atoms with van der Waals surface area (Å²) >= 11 is 5.86. The van der Waals surface area contributed by atoms with Crippen LogP contribution in [0.3, 0.4) is 0 Å². The molecule has 2 aromatic heterocycles. The lowest BCUT2D eigenvalue weighted by Crippen LogP contribution is -2.42. The van der Waals surface area contributed by atoms with Gasteiger partial charge in [0.25, 0.3) is 5.78 Å². The zero-order valence-electron chi connectivity index (χ0n) is 14.2. The molecular formula is C15H7ClF9N5. The van der Waals surface area contributed by atoms with Crippen LogP contribution in [0.2, 0.25) is 5.15 Å². The van der Waals surface area contributed by atoms with Gasteiger partial charge >= 0.3 is 12.4 Å². The van der Waals surface area contributed by atoms with Crippen LogP contribution in [-0.2, 0) is 0 Å². The van der Waals surface area contributed by atoms with Crippen LogP contribution in [0, 0.1) is 17.5 Å². The summed E-state index contributed by atoms with van der Waals surface area (Å²) in [5.41, 5.74) is -2.17. The molecule has 1 aromatic carbocycles. The number of rotatable bonds is 4. The van der Waals surface area contributed by atoms with Gasteiger partial charge in [0.2, 0.25) is 0 Å². The van der Waals surface area contributed by atoms with Gasteiger partial charge in [0.15, 0.2) is 0 Å². The molecule has 0 unspecified atom stereocenters. The summed E-state index contributed by atoms with van der Waals surface area (Å²) in [5.74, 6) is -6.24. The van der Waals surface area contributed by atoms with Gasteiger partial charge in [-0.25, -0.2) is 13.2 Å². The molecule has 0 N–H and O–H groups in total. The lowest BCUT2D eigenvalue weighted by atomic mass is 10.1. The van der Waals surface area contributed by atoms with Gasteiger partial charge in [0, 0.05) is 12.1 Å². The minimum absolute atomic E-state index is 0.182. The summed E-state index contributed by atoms with van der Waals surface area (Å²) in [6.45, 7) is -4.36. The average Bonchev–Trinajstić information content (AvgIpc) is 2.98. The van der Waals surface area contributed by atoms with Gasteiger partial charge in [-0.05, 0) is 0 Å². The maximum absolute atomic E-state index is 14.3. The Labute approximate surface area is 165 Å². The molecule has 0 bridgehead atoms. The predicted octanol–water partition coefficient (Wildman–Crippen LogP) is 4.79. The summed E-state index contributed by atoms with van der Waals surface area (Å²) in [4.78, 5) is 6.85. The zero-order chi connectivity index (χ0) is 22.4. The first-order valence-electron chi connectivity index (χ1n) is 7.69. The van der Waals surface area contributed by atoms with Gasteiger partial charge < -0.3 is 4.90 Å². The molecule has 0 aliphatic heterocycles. The number of nitrogens with zero attached hydrogens (tertiary/aromatic N) is 5. The van der Waals surface area contributed by atoms with E-state index in [-0.39, 0.29) is 17.0 Å². The summed E-state index contributed by atoms with van der Waals surface area (Å²) < 4.78 is 121. The first-order valence-corrected chi connectivity index (χ1v) is 8.07. The Morgan fingerprint density at radius 3 is 1.93 bits per heavy atom. The van der Waals surface area contributed by atoms with Gasteiger partial charge in [0.1, 0.15) is 47.8 Å². The lowest BCUT2D eigenvalue weighted by molar-refractivity contribution is -0.137. The van der Waals surface area contributed by atoms with E-state index in [1.54, 1.807) is 0 Å². The standard InChI is InChI=1S/C15H7ClF9N5/c16-11-10(9-7(18)1-6(17)2-8(9)19)12(30-13(28-11)26-5-27-30)29(3-14(20,21)22)4-15(23,24)25/h1-2,5H,3-4H2. The molecule has 3 aromatic rings. The highest BCUT2D eigenvalue weighted by Crippen LogP contribution is 2.41. The fourth-order valence-corrected chi connectivity index (χ4v) is 2.98. The van der Waals surface area contributed by atoms with Crippen molar-refractivity contribution in [3.63, 3.8) is 0 Å². The van der Waals surface area contributed by atoms with Crippen molar-refractivity contribution in [2.75, 3.05) is 18.0 Å². The maximum atomic E-state index is 14.3. The maximum Gasteiger partial charge on any atom is 0.405 e. The molecule has 2 heterocycles. The number of hydrogen-bond donors (Lipinski definition) is 0. The summed E-state index contributed by atoms with van der Waals surface area (Å²) in [5, 5.41) is 2.62. The minimum Gasteiger partial charge on any atom is -0.338 e. The van der Waals surface area contributed by atoms with Crippen molar-refractivity contribution in [1.29, 1.82) is 0 Å². The molecule has 30 heavy (non-hydrogen) atoms. The van der Waals surface area contributed by atoms with Crippen molar-refractivity contribution in [3.05, 3.63) is 41.1 Å². The molecule has 0 spiro atoms. The quantitative estimate of drug-likeness (QED) is 0.412. The van der Waals surface area contributed by atoms with Crippen molar-refractivity contribution in [2.45, 2.75) is 12.4 Å². The molecule has 0 aliphatic rings. The average molecular weight is 464 g/mol. The Morgan fingerprint density at radius 1 is 0.900 bits per heavy atom. The van der Waals surface area contributed by atoms with Gasteiger partial charge in [-0.15, -0.1) is 0 Å². The van der Waals surface area contributed by atoms with Gasteiger partial charge in [-0.3, -0.25) is 0 Å². The van der Waals surface area contributed by atoms with E-state index in [0.29, 0.717) is 4.52 Å². The first kappa shape index (κ1) is 21.9. The number of alkyl halides is 6. The van der Waals surface area contributed by atoms with Crippen LogP contribution in [-0.4, -0.2) is 45.0 Å². The van der Waals surface area contributed by atoms with Crippen LogP contribution in [0.15, 0.2) is 18.5 Å². The second-order valence-corrected chi connectivity index (χ2v) is 6.26. The molecule has 0 atom stereocenters. The molecule has 15 heteroatoms. The highest BCUT2D eigenvalue weighted by Gasteiger charge is 2.40. The van der Waals surface area contributed by atoms with Crippen LogP contribution in [0.25, 0.3) is 16.9 Å². The molecule has 0 amide bonds. The largest absolute Gasteiger partial charge is 0.405 e. The SMILES string of the molecule is Fc1cc(F)c(-c2c(Cl)nc3ncnn3c2N(CC(F)(F)F)CC(F)(F)F)c(F)c1. The van der Waals surface area contributed by atoms with Gasteiger partial charge in [-0.1, -0.05) is 11.6 Å². The monoisotopic (exact) mass is 463 g/mol. The van der Waals surface area contributed by atoms with Gasteiger partial charge in [0.05, 0.1) is 11.1 Å². The van der Waals surface area contributed by atoms with E-state index >= 15 is 0 Å². The molecule has 0 saturated carbocycles. The fourth-order valence-electron chi connectivity index (χ4n) is 2.73. The summed E-state index contributed by atoms with van der Waals surface area (Å²) in [6, 6.07) is 0.365. The highest BCUT2D eigenvalue weighted by molar-refractivity contribution is 6.33. The Hall–Kier alpha value is -2.77. The van der Waals surface area contributed by atoms with E-state index in [1.807, 2.05) is 0 Å². The van der Waals surface area contributed by atoms with E-state index in [2.05, 4.69) is 15.1 Å². The molecule has 3 rings (SSSR count). The molecule has 0 radical (unpaired) electrons. The van der Waals surface area contributed by atoms with Crippen LogP contribution >= 0.6 is 11.6 Å². The number of hydrogen-bond acceptors (Lipinski definition) is 4. The second-order valence-electron chi connectivity index (χ2n) is 5.90. The van der Waals surface area contributed by atoms with Crippen LogP contribution in [0.5, 0.6) is 0 Å². The van der Waals surface area contributed by atoms with E-state index in [0.717, 1.165) is 6.33 Å². The van der Waals surface area contributed by atoms with Gasteiger partial charge in [-0.2, -0.15) is 45.9 Å².